The smallest absolute Gasteiger partial charge is 0.347 e. The third-order valence-corrected chi connectivity index (χ3v) is 3.09. The molecule has 1 fully saturated rings. The molecule has 0 N–H and O–H groups in total. The Morgan fingerprint density at radius 2 is 2.21 bits per heavy atom. The molecule has 0 amide bonds. The Balaban J connectivity index is 2.27. The van der Waals surface area contributed by atoms with E-state index in [0.29, 0.717) is 5.02 Å². The molecule has 1 aromatic carbocycles. The van der Waals surface area contributed by atoms with E-state index in [1.165, 1.54) is 25.3 Å². The Kier molecular flexibility index (Phi) is 3.90. The van der Waals surface area contributed by atoms with Gasteiger partial charge in [0.15, 0.2) is 11.9 Å². The molecule has 6 nitrogen and oxygen atoms in total. The van der Waals surface area contributed by atoms with Gasteiger partial charge in [-0.25, -0.2) is 4.79 Å². The van der Waals surface area contributed by atoms with E-state index in [1.54, 1.807) is 0 Å². The highest BCUT2D eigenvalue weighted by Gasteiger charge is 2.40. The molecule has 2 rings (SSSR count). The average Bonchev–Trinajstić information content (AvgIpc) is 3.19. The Hall–Kier alpha value is -1.82. The summed E-state index contributed by atoms with van der Waals surface area (Å²) < 4.78 is 10.1. The van der Waals surface area contributed by atoms with Gasteiger partial charge in [-0.2, -0.15) is 0 Å². The first-order valence-electron chi connectivity index (χ1n) is 5.71. The number of nitrogens with zero attached hydrogens (tertiary/aromatic N) is 1. The number of rotatable bonds is 5. The molecule has 7 heteroatoms. The minimum absolute atomic E-state index is 0.0141. The molecule has 0 bridgehead atoms. The molecule has 1 unspecified atom stereocenters. The van der Waals surface area contributed by atoms with Crippen LogP contribution in [0, 0.1) is 16.0 Å². The third-order valence-electron chi connectivity index (χ3n) is 2.86. The number of nitro benzene ring substituents is 1. The summed E-state index contributed by atoms with van der Waals surface area (Å²) in [4.78, 5) is 21.9. The fourth-order valence-corrected chi connectivity index (χ4v) is 1.88. The van der Waals surface area contributed by atoms with Crippen LogP contribution in [0.4, 0.5) is 5.69 Å². The first-order valence-corrected chi connectivity index (χ1v) is 6.09. The Morgan fingerprint density at radius 1 is 1.53 bits per heavy atom. The number of ether oxygens (including phenoxy) is 2. The molecule has 1 atom stereocenters. The van der Waals surface area contributed by atoms with Crippen LogP contribution >= 0.6 is 11.6 Å². The van der Waals surface area contributed by atoms with E-state index in [4.69, 9.17) is 16.3 Å². The average molecular weight is 286 g/mol. The van der Waals surface area contributed by atoms with Crippen LogP contribution in [0.2, 0.25) is 5.02 Å². The largest absolute Gasteiger partial charge is 0.471 e. The van der Waals surface area contributed by atoms with Gasteiger partial charge in [0, 0.05) is 23.1 Å². The van der Waals surface area contributed by atoms with Crippen molar-refractivity contribution in [3.8, 4) is 5.75 Å². The van der Waals surface area contributed by atoms with Crippen LogP contribution in [-0.2, 0) is 9.53 Å². The predicted octanol–water partition coefficient (Wildman–Crippen LogP) is 2.58. The first-order chi connectivity index (χ1) is 9.02. The number of esters is 1. The van der Waals surface area contributed by atoms with E-state index in [2.05, 4.69) is 4.74 Å². The Morgan fingerprint density at radius 3 is 2.74 bits per heavy atom. The van der Waals surface area contributed by atoms with E-state index in [9.17, 15) is 14.9 Å². The molecule has 0 aromatic heterocycles. The monoisotopic (exact) mass is 285 g/mol. The number of benzene rings is 1. The van der Waals surface area contributed by atoms with E-state index in [0.717, 1.165) is 12.8 Å². The molecule has 1 aromatic rings. The highest BCUT2D eigenvalue weighted by molar-refractivity contribution is 6.30. The summed E-state index contributed by atoms with van der Waals surface area (Å²) in [5, 5.41) is 11.2. The summed E-state index contributed by atoms with van der Waals surface area (Å²) >= 11 is 5.79. The minimum Gasteiger partial charge on any atom is -0.471 e. The minimum atomic E-state index is -0.817. The molecule has 0 aliphatic heterocycles. The summed E-state index contributed by atoms with van der Waals surface area (Å²) in [6, 6.07) is 3.98. The second-order valence-electron chi connectivity index (χ2n) is 4.27. The molecule has 0 heterocycles. The maximum atomic E-state index is 11.6. The number of nitro groups is 1. The summed E-state index contributed by atoms with van der Waals surface area (Å²) in [7, 11) is 1.26. The van der Waals surface area contributed by atoms with Gasteiger partial charge >= 0.3 is 11.7 Å². The van der Waals surface area contributed by atoms with Crippen LogP contribution < -0.4 is 4.74 Å². The lowest BCUT2D eigenvalue weighted by atomic mass is 10.2. The second-order valence-corrected chi connectivity index (χ2v) is 4.70. The summed E-state index contributed by atoms with van der Waals surface area (Å²) in [6.45, 7) is 0. The Labute approximate surface area is 114 Å². The lowest BCUT2D eigenvalue weighted by Gasteiger charge is -2.16. The molecule has 0 spiro atoms. The van der Waals surface area contributed by atoms with Crippen molar-refractivity contribution in [1.29, 1.82) is 0 Å². The van der Waals surface area contributed by atoms with Gasteiger partial charge in [-0.05, 0) is 18.9 Å². The van der Waals surface area contributed by atoms with Gasteiger partial charge in [-0.3, -0.25) is 10.1 Å². The van der Waals surface area contributed by atoms with Crippen molar-refractivity contribution >= 4 is 23.3 Å². The van der Waals surface area contributed by atoms with Crippen LogP contribution in [0.15, 0.2) is 18.2 Å². The zero-order chi connectivity index (χ0) is 14.0. The topological polar surface area (TPSA) is 78.7 Å². The normalized spacial score (nSPS) is 15.7. The highest BCUT2D eigenvalue weighted by atomic mass is 35.5. The zero-order valence-electron chi connectivity index (χ0n) is 10.2. The molecule has 1 aliphatic carbocycles. The maximum Gasteiger partial charge on any atom is 0.347 e. The molecule has 0 radical (unpaired) electrons. The van der Waals surface area contributed by atoms with Crippen LogP contribution in [0.1, 0.15) is 12.8 Å². The second kappa shape index (κ2) is 5.44. The van der Waals surface area contributed by atoms with Crippen molar-refractivity contribution in [2.45, 2.75) is 18.9 Å². The van der Waals surface area contributed by atoms with Gasteiger partial charge in [-0.15, -0.1) is 0 Å². The standard InChI is InChI=1S/C12H12ClNO5/c1-18-12(15)11(7-2-3-7)19-10-6-8(13)4-5-9(10)14(16)17/h4-7,11H,2-3H2,1H3. The SMILES string of the molecule is COC(=O)C(Oc1cc(Cl)ccc1[N+](=O)[O-])C1CC1. The number of methoxy groups -OCH3 is 1. The van der Waals surface area contributed by atoms with Gasteiger partial charge in [0.1, 0.15) is 0 Å². The number of carbonyl (C=O) groups excluding carboxylic acids is 1. The van der Waals surface area contributed by atoms with Crippen molar-refractivity contribution in [3.63, 3.8) is 0 Å². The molecule has 1 aliphatic rings. The van der Waals surface area contributed by atoms with Crippen molar-refractivity contribution in [3.05, 3.63) is 33.3 Å². The van der Waals surface area contributed by atoms with Crippen molar-refractivity contribution in [1.82, 2.24) is 0 Å². The van der Waals surface area contributed by atoms with E-state index < -0.39 is 17.0 Å². The van der Waals surface area contributed by atoms with E-state index >= 15 is 0 Å². The quantitative estimate of drug-likeness (QED) is 0.472. The summed E-state index contributed by atoms with van der Waals surface area (Å²) in [5.74, 6) is -0.498. The number of hydrogen-bond acceptors (Lipinski definition) is 5. The molecular weight excluding hydrogens is 274 g/mol. The lowest BCUT2D eigenvalue weighted by molar-refractivity contribution is -0.386. The number of carbonyl (C=O) groups is 1. The van der Waals surface area contributed by atoms with Crippen LogP contribution in [0.25, 0.3) is 0 Å². The highest BCUT2D eigenvalue weighted by Crippen LogP contribution is 2.38. The van der Waals surface area contributed by atoms with Crippen LogP contribution in [0.5, 0.6) is 5.75 Å². The fourth-order valence-electron chi connectivity index (χ4n) is 1.72. The lowest BCUT2D eigenvalue weighted by Crippen LogP contribution is -2.30. The van der Waals surface area contributed by atoms with Gasteiger partial charge in [0.2, 0.25) is 0 Å². The molecule has 19 heavy (non-hydrogen) atoms. The molecule has 102 valence electrons. The van der Waals surface area contributed by atoms with Gasteiger partial charge in [-0.1, -0.05) is 11.6 Å². The van der Waals surface area contributed by atoms with Gasteiger partial charge < -0.3 is 9.47 Å². The third kappa shape index (κ3) is 3.14. The van der Waals surface area contributed by atoms with Crippen LogP contribution in [-0.4, -0.2) is 24.1 Å². The predicted molar refractivity (Wildman–Crippen MR) is 67.3 cm³/mol. The molecule has 1 saturated carbocycles. The summed E-state index contributed by atoms with van der Waals surface area (Å²) in [6.07, 6.45) is 0.865. The van der Waals surface area contributed by atoms with E-state index in [-0.39, 0.29) is 17.4 Å². The number of halogens is 1. The van der Waals surface area contributed by atoms with Crippen molar-refractivity contribution in [2.75, 3.05) is 7.11 Å². The van der Waals surface area contributed by atoms with Crippen molar-refractivity contribution in [2.24, 2.45) is 5.92 Å². The number of hydrogen-bond donors (Lipinski definition) is 0. The van der Waals surface area contributed by atoms with Crippen molar-refractivity contribution < 1.29 is 19.2 Å². The van der Waals surface area contributed by atoms with Gasteiger partial charge in [0.05, 0.1) is 12.0 Å². The van der Waals surface area contributed by atoms with Crippen LogP contribution in [0.3, 0.4) is 0 Å². The first kappa shape index (κ1) is 13.6. The molecule has 0 saturated heterocycles. The maximum absolute atomic E-state index is 11.6. The van der Waals surface area contributed by atoms with E-state index in [1.807, 2.05) is 0 Å². The Bertz CT molecular complexity index is 515. The fraction of sp³-hybridized carbons (Fsp3) is 0.417. The molecular formula is C12H12ClNO5. The van der Waals surface area contributed by atoms with Gasteiger partial charge in [0.25, 0.3) is 0 Å². The summed E-state index contributed by atoms with van der Waals surface area (Å²) in [5.41, 5.74) is -0.223. The zero-order valence-corrected chi connectivity index (χ0v) is 10.9.